The largest absolute Gasteiger partial charge is 0.447 e. The van der Waals surface area contributed by atoms with Crippen LogP contribution in [0.5, 0.6) is 0 Å². The zero-order valence-electron chi connectivity index (χ0n) is 12.6. The van der Waals surface area contributed by atoms with Crippen LogP contribution in [-0.2, 0) is 0 Å². The van der Waals surface area contributed by atoms with E-state index in [1.165, 1.54) is 11.8 Å². The lowest BCUT2D eigenvalue weighted by atomic mass is 10.2. The third-order valence-electron chi connectivity index (χ3n) is 3.20. The lowest BCUT2D eigenvalue weighted by molar-refractivity contribution is 0.466. The molecule has 0 bridgehead atoms. The van der Waals surface area contributed by atoms with Crippen molar-refractivity contribution in [2.45, 2.75) is 16.9 Å². The second-order valence-corrected chi connectivity index (χ2v) is 7.80. The molecule has 122 valence electrons. The van der Waals surface area contributed by atoms with Crippen LogP contribution in [0.4, 0.5) is 5.69 Å². The Labute approximate surface area is 163 Å². The highest BCUT2D eigenvalue weighted by molar-refractivity contribution is 9.10. The van der Waals surface area contributed by atoms with Crippen LogP contribution in [0.2, 0.25) is 10.0 Å². The van der Waals surface area contributed by atoms with Gasteiger partial charge in [0.25, 0.3) is 0 Å². The van der Waals surface area contributed by atoms with E-state index in [2.05, 4.69) is 20.9 Å². The van der Waals surface area contributed by atoms with Crippen LogP contribution in [0.3, 0.4) is 0 Å². The van der Waals surface area contributed by atoms with Gasteiger partial charge in [0.2, 0.25) is 0 Å². The van der Waals surface area contributed by atoms with Gasteiger partial charge in [-0.2, -0.15) is 0 Å². The number of hydrogen-bond acceptors (Lipinski definition) is 3. The summed E-state index contributed by atoms with van der Waals surface area (Å²) < 4.78 is 6.72. The average molecular weight is 441 g/mol. The van der Waals surface area contributed by atoms with Gasteiger partial charge in [-0.05, 0) is 64.8 Å². The van der Waals surface area contributed by atoms with Crippen molar-refractivity contribution in [2.75, 3.05) is 0 Å². The summed E-state index contributed by atoms with van der Waals surface area (Å²) in [7, 11) is 0. The van der Waals surface area contributed by atoms with Gasteiger partial charge in [0.15, 0.2) is 5.09 Å². The van der Waals surface area contributed by atoms with Gasteiger partial charge in [0.05, 0.1) is 16.4 Å². The highest BCUT2D eigenvalue weighted by Gasteiger charge is 2.10. The molecule has 24 heavy (non-hydrogen) atoms. The van der Waals surface area contributed by atoms with Gasteiger partial charge in [0, 0.05) is 21.0 Å². The molecule has 0 unspecified atom stereocenters. The lowest BCUT2D eigenvalue weighted by Gasteiger charge is -2.00. The van der Waals surface area contributed by atoms with Crippen molar-refractivity contribution in [3.63, 3.8) is 0 Å². The molecule has 6 heteroatoms. The molecule has 0 aliphatic rings. The fraction of sp³-hybridized carbons (Fsp3) is 0.0556. The van der Waals surface area contributed by atoms with Gasteiger partial charge >= 0.3 is 0 Å². The van der Waals surface area contributed by atoms with Crippen LogP contribution in [0.15, 0.2) is 72.4 Å². The normalized spacial score (nSPS) is 11.3. The molecule has 0 saturated heterocycles. The molecule has 0 aliphatic heterocycles. The summed E-state index contributed by atoms with van der Waals surface area (Å²) in [5.74, 6) is 0.665. The zero-order valence-corrected chi connectivity index (χ0v) is 16.5. The van der Waals surface area contributed by atoms with E-state index in [0.29, 0.717) is 15.8 Å². The van der Waals surface area contributed by atoms with Crippen molar-refractivity contribution in [1.82, 2.24) is 0 Å². The highest BCUT2D eigenvalue weighted by Crippen LogP contribution is 2.36. The summed E-state index contributed by atoms with van der Waals surface area (Å²) in [6, 6.07) is 15.1. The summed E-state index contributed by atoms with van der Waals surface area (Å²) >= 11 is 17.0. The molecule has 2 nitrogen and oxygen atoms in total. The van der Waals surface area contributed by atoms with E-state index in [9.17, 15) is 0 Å². The molecule has 3 rings (SSSR count). The van der Waals surface area contributed by atoms with E-state index in [0.717, 1.165) is 25.7 Å². The molecule has 0 N–H and O–H groups in total. The number of furan rings is 1. The zero-order chi connectivity index (χ0) is 17.1. The van der Waals surface area contributed by atoms with Crippen molar-refractivity contribution in [3.8, 4) is 0 Å². The molecule has 0 saturated carbocycles. The average Bonchev–Trinajstić information content (AvgIpc) is 2.90. The quantitative estimate of drug-likeness (QED) is 0.391. The minimum absolute atomic E-state index is 0.660. The number of aliphatic imine (C=N–C) groups is 1. The number of rotatable bonds is 4. The number of halogens is 3. The van der Waals surface area contributed by atoms with Crippen LogP contribution >= 0.6 is 50.9 Å². The van der Waals surface area contributed by atoms with E-state index in [1.807, 2.05) is 55.5 Å². The molecule has 0 aliphatic carbocycles. The Hall–Kier alpha value is -1.20. The van der Waals surface area contributed by atoms with Gasteiger partial charge in [-0.3, -0.25) is 4.99 Å². The van der Waals surface area contributed by atoms with Crippen molar-refractivity contribution >= 4 is 62.8 Å². The summed E-state index contributed by atoms with van der Waals surface area (Å²) in [5.41, 5.74) is 1.87. The van der Waals surface area contributed by atoms with E-state index in [-0.39, 0.29) is 0 Å². The summed E-state index contributed by atoms with van der Waals surface area (Å²) in [5, 5.41) is 2.14. The van der Waals surface area contributed by atoms with Gasteiger partial charge in [-0.15, -0.1) is 0 Å². The van der Waals surface area contributed by atoms with Gasteiger partial charge < -0.3 is 4.42 Å². The van der Waals surface area contributed by atoms with Crippen LogP contribution in [0, 0.1) is 6.92 Å². The minimum atomic E-state index is 0.660. The monoisotopic (exact) mass is 439 g/mol. The van der Waals surface area contributed by atoms with E-state index in [1.54, 1.807) is 6.21 Å². The van der Waals surface area contributed by atoms with Crippen molar-refractivity contribution < 1.29 is 4.42 Å². The summed E-state index contributed by atoms with van der Waals surface area (Å²) in [6.07, 6.45) is 1.69. The maximum absolute atomic E-state index is 6.01. The minimum Gasteiger partial charge on any atom is -0.447 e. The van der Waals surface area contributed by atoms with Gasteiger partial charge in [0.1, 0.15) is 5.76 Å². The van der Waals surface area contributed by atoms with Crippen LogP contribution in [-0.4, -0.2) is 6.21 Å². The molecule has 1 heterocycles. The fourth-order valence-electron chi connectivity index (χ4n) is 1.97. The van der Waals surface area contributed by atoms with E-state index < -0.39 is 0 Å². The smallest absolute Gasteiger partial charge is 0.179 e. The first-order valence-electron chi connectivity index (χ1n) is 7.04. The van der Waals surface area contributed by atoms with Crippen molar-refractivity contribution in [1.29, 1.82) is 0 Å². The first-order valence-corrected chi connectivity index (χ1v) is 9.41. The molecule has 3 aromatic rings. The van der Waals surface area contributed by atoms with Gasteiger partial charge in [-0.25, -0.2) is 0 Å². The summed E-state index contributed by atoms with van der Waals surface area (Å²) in [4.78, 5) is 5.50. The molecular weight excluding hydrogens is 429 g/mol. The highest BCUT2D eigenvalue weighted by atomic mass is 79.9. The van der Waals surface area contributed by atoms with Crippen LogP contribution < -0.4 is 0 Å². The topological polar surface area (TPSA) is 25.5 Å². The maximum atomic E-state index is 6.01. The Morgan fingerprint density at radius 2 is 1.75 bits per heavy atom. The first-order chi connectivity index (χ1) is 11.5. The lowest BCUT2D eigenvalue weighted by Crippen LogP contribution is -1.78. The molecule has 0 fully saturated rings. The number of benzene rings is 2. The predicted molar refractivity (Wildman–Crippen MR) is 105 cm³/mol. The van der Waals surface area contributed by atoms with E-state index >= 15 is 0 Å². The number of nitrogens with zero attached hydrogens (tertiary/aromatic N) is 1. The standard InChI is InChI=1S/C18H12BrCl2NOS/c1-11-2-3-13(21)8-17(11)22-10-14-9-16(19)18(23-14)24-15-6-4-12(20)5-7-15/h2-10H,1H3. The first kappa shape index (κ1) is 17.6. The molecule has 0 amide bonds. The second kappa shape index (κ2) is 7.79. The van der Waals surface area contributed by atoms with Crippen molar-refractivity contribution in [3.05, 3.63) is 74.4 Å². The number of aryl methyl sites for hydroxylation is 1. The van der Waals surface area contributed by atoms with Crippen LogP contribution in [0.25, 0.3) is 0 Å². The Kier molecular flexibility index (Phi) is 5.72. The third kappa shape index (κ3) is 4.45. The molecule has 0 radical (unpaired) electrons. The third-order valence-corrected chi connectivity index (χ3v) is 5.54. The van der Waals surface area contributed by atoms with Gasteiger partial charge in [-0.1, -0.05) is 41.0 Å². The second-order valence-electron chi connectivity index (χ2n) is 5.03. The Bertz CT molecular complexity index is 891. The SMILES string of the molecule is Cc1ccc(Cl)cc1N=Cc1cc(Br)c(Sc2ccc(Cl)cc2)o1. The Morgan fingerprint density at radius 1 is 1.04 bits per heavy atom. The Morgan fingerprint density at radius 3 is 2.50 bits per heavy atom. The van der Waals surface area contributed by atoms with Crippen LogP contribution in [0.1, 0.15) is 11.3 Å². The molecule has 2 aromatic carbocycles. The fourth-order valence-corrected chi connectivity index (χ4v) is 3.59. The van der Waals surface area contributed by atoms with Crippen molar-refractivity contribution in [2.24, 2.45) is 4.99 Å². The summed E-state index contributed by atoms with van der Waals surface area (Å²) in [6.45, 7) is 1.99. The maximum Gasteiger partial charge on any atom is 0.179 e. The predicted octanol–water partition coefficient (Wildman–Crippen LogP) is 7.56. The molecule has 0 atom stereocenters. The molecular formula is C18H12BrCl2NOS. The molecule has 0 spiro atoms. The van der Waals surface area contributed by atoms with E-state index in [4.69, 9.17) is 27.6 Å². The number of hydrogen-bond donors (Lipinski definition) is 0. The Balaban J connectivity index is 1.79. The molecule has 1 aromatic heterocycles.